The molecule has 5 heteroatoms. The molecule has 117 valence electrons. The molecule has 20 heavy (non-hydrogen) atoms. The van der Waals surface area contributed by atoms with Crippen molar-refractivity contribution >= 4 is 11.9 Å². The molecule has 0 spiro atoms. The second-order valence-electron chi connectivity index (χ2n) is 2.36. The normalized spacial score (nSPS) is 5.85. The first-order chi connectivity index (χ1) is 8.82. The Labute approximate surface area is 140 Å². The third-order valence-electron chi connectivity index (χ3n) is 0.899. The Morgan fingerprint density at radius 3 is 1.10 bits per heavy atom. The van der Waals surface area contributed by atoms with E-state index in [-0.39, 0.29) is 33.3 Å². The predicted molar refractivity (Wildman–Crippen MR) is 82.4 cm³/mol. The quantitative estimate of drug-likeness (QED) is 0.362. The molecular formula is C15H29O4Ti. The summed E-state index contributed by atoms with van der Waals surface area (Å²) in [4.78, 5) is 19.8. The Morgan fingerprint density at radius 2 is 1.10 bits per heavy atom. The average Bonchev–Trinajstić information content (AvgIpc) is 2.44. The zero-order valence-corrected chi connectivity index (χ0v) is 15.3. The Hall–Kier alpha value is -0.866. The van der Waals surface area contributed by atoms with Gasteiger partial charge in [-0.05, 0) is 13.8 Å². The predicted octanol–water partition coefficient (Wildman–Crippen LogP) is 3.90. The summed E-state index contributed by atoms with van der Waals surface area (Å²) in [5.41, 5.74) is 0.609. The summed E-state index contributed by atoms with van der Waals surface area (Å²) in [6.07, 6.45) is 0. The van der Waals surface area contributed by atoms with Gasteiger partial charge in [-0.25, -0.2) is 9.59 Å². The van der Waals surface area contributed by atoms with Gasteiger partial charge in [0.2, 0.25) is 0 Å². The van der Waals surface area contributed by atoms with Gasteiger partial charge in [0.05, 0.1) is 7.11 Å². The number of carbonyl (C=O) groups is 2. The van der Waals surface area contributed by atoms with Crippen molar-refractivity contribution in [2.45, 2.75) is 34.6 Å². The van der Waals surface area contributed by atoms with Gasteiger partial charge in [0, 0.05) is 11.1 Å². The van der Waals surface area contributed by atoms with Crippen LogP contribution in [0.25, 0.3) is 0 Å². The van der Waals surface area contributed by atoms with Crippen LogP contribution in [0, 0.1) is 20.8 Å². The number of carboxylic acid groups (broad SMARTS) is 1. The standard InChI is InChI=1S/C5H8O2.C4H6O2.3C2H5.Ti/c1-4(2)5(6)7-3;1-3(2)4(5)6;3*1-2;/h1H2,2-3H3;1H2,2H3,(H,5,6);3*1H2,2H3;/q;;3*-1;+3. The number of hydrogen-bond donors (Lipinski definition) is 1. The maximum Gasteiger partial charge on any atom is 3.00 e. The van der Waals surface area contributed by atoms with Crippen LogP contribution in [0.2, 0.25) is 0 Å². The van der Waals surface area contributed by atoms with E-state index < -0.39 is 5.97 Å². The van der Waals surface area contributed by atoms with Crippen LogP contribution in [-0.4, -0.2) is 24.2 Å². The molecule has 0 saturated carbocycles. The molecule has 0 amide bonds. The molecule has 0 aromatic rings. The number of hydrogen-bond acceptors (Lipinski definition) is 3. The summed E-state index contributed by atoms with van der Waals surface area (Å²) >= 11 is 0. The number of carboxylic acids is 1. The van der Waals surface area contributed by atoms with Gasteiger partial charge in [-0.15, -0.1) is 0 Å². The van der Waals surface area contributed by atoms with Crippen molar-refractivity contribution in [2.24, 2.45) is 0 Å². The SMILES string of the molecule is C=C(C)C(=O)O.C=C(C)C(=O)OC.[CH2-]C.[CH2-]C.[CH2-]C.[Ti+3]. The second-order valence-corrected chi connectivity index (χ2v) is 2.36. The Balaban J connectivity index is -0.0000000345. The molecule has 0 unspecified atom stereocenters. The van der Waals surface area contributed by atoms with Crippen molar-refractivity contribution in [2.75, 3.05) is 7.11 Å². The molecule has 0 atom stereocenters. The fraction of sp³-hybridized carbons (Fsp3) is 0.400. The van der Waals surface area contributed by atoms with Gasteiger partial charge in [-0.1, -0.05) is 13.2 Å². The number of aliphatic carboxylic acids is 1. The van der Waals surface area contributed by atoms with Gasteiger partial charge in [-0.3, -0.25) is 0 Å². The fourth-order valence-electron chi connectivity index (χ4n) is 0.174. The van der Waals surface area contributed by atoms with Gasteiger partial charge >= 0.3 is 33.7 Å². The maximum atomic E-state index is 10.2. The van der Waals surface area contributed by atoms with Crippen molar-refractivity contribution in [3.05, 3.63) is 45.1 Å². The summed E-state index contributed by atoms with van der Waals surface area (Å²) in [5, 5.41) is 7.89. The summed E-state index contributed by atoms with van der Waals surface area (Å²) in [7, 11) is 1.33. The van der Waals surface area contributed by atoms with Gasteiger partial charge < -0.3 is 30.6 Å². The third kappa shape index (κ3) is 53.5. The molecule has 0 rings (SSSR count). The van der Waals surface area contributed by atoms with Crippen LogP contribution in [0.4, 0.5) is 0 Å². The van der Waals surface area contributed by atoms with E-state index in [1.165, 1.54) is 14.0 Å². The van der Waals surface area contributed by atoms with Gasteiger partial charge in [0.15, 0.2) is 0 Å². The van der Waals surface area contributed by atoms with E-state index in [0.29, 0.717) is 5.57 Å². The molecule has 0 aromatic carbocycles. The van der Waals surface area contributed by atoms with Crippen LogP contribution in [-0.2, 0) is 36.0 Å². The minimum Gasteiger partial charge on any atom is -0.478 e. The maximum absolute atomic E-state index is 10.2. The summed E-state index contributed by atoms with van der Waals surface area (Å²) in [6, 6.07) is 0. The van der Waals surface area contributed by atoms with E-state index in [1.807, 2.05) is 0 Å². The van der Waals surface area contributed by atoms with Crippen molar-refractivity contribution in [3.63, 3.8) is 0 Å². The fourth-order valence-corrected chi connectivity index (χ4v) is 0.174. The van der Waals surface area contributed by atoms with Crippen molar-refractivity contribution < 1.29 is 41.2 Å². The monoisotopic (exact) mass is 321 g/mol. The minimum absolute atomic E-state index is 0. The first kappa shape index (κ1) is 36.5. The number of rotatable bonds is 2. The summed E-state index contributed by atoms with van der Waals surface area (Å²) in [5.74, 6) is -1.28. The second kappa shape index (κ2) is 36.2. The minimum atomic E-state index is -0.935. The molecule has 4 nitrogen and oxygen atoms in total. The van der Waals surface area contributed by atoms with Gasteiger partial charge in [-0.2, -0.15) is 20.8 Å². The molecule has 1 N–H and O–H groups in total. The van der Waals surface area contributed by atoms with Crippen LogP contribution in [0.3, 0.4) is 0 Å². The largest absolute Gasteiger partial charge is 3.00 e. The average molecular weight is 321 g/mol. The summed E-state index contributed by atoms with van der Waals surface area (Å²) < 4.78 is 4.27. The zero-order valence-electron chi connectivity index (χ0n) is 13.7. The van der Waals surface area contributed by atoms with Gasteiger partial charge in [0.1, 0.15) is 0 Å². The smallest absolute Gasteiger partial charge is 0.478 e. The third-order valence-corrected chi connectivity index (χ3v) is 0.899. The van der Waals surface area contributed by atoms with E-state index in [2.05, 4.69) is 38.7 Å². The van der Waals surface area contributed by atoms with E-state index in [4.69, 9.17) is 5.11 Å². The van der Waals surface area contributed by atoms with Crippen LogP contribution >= 0.6 is 0 Å². The van der Waals surface area contributed by atoms with E-state index in [0.717, 1.165) is 0 Å². The first-order valence-corrected chi connectivity index (χ1v) is 5.57. The molecule has 0 aromatic heterocycles. The Kier molecular flexibility index (Phi) is 65.9. The van der Waals surface area contributed by atoms with Crippen molar-refractivity contribution in [1.29, 1.82) is 0 Å². The van der Waals surface area contributed by atoms with Crippen LogP contribution < -0.4 is 0 Å². The molecule has 0 aliphatic carbocycles. The number of esters is 1. The molecular weight excluding hydrogens is 292 g/mol. The Morgan fingerprint density at radius 1 is 0.900 bits per heavy atom. The van der Waals surface area contributed by atoms with E-state index in [1.54, 1.807) is 27.7 Å². The first-order valence-electron chi connectivity index (χ1n) is 5.57. The zero-order chi connectivity index (χ0) is 17.0. The topological polar surface area (TPSA) is 63.6 Å². The molecule has 0 heterocycles. The van der Waals surface area contributed by atoms with Crippen LogP contribution in [0.1, 0.15) is 34.6 Å². The van der Waals surface area contributed by atoms with Crippen LogP contribution in [0.15, 0.2) is 24.3 Å². The van der Waals surface area contributed by atoms with E-state index in [9.17, 15) is 9.59 Å². The molecule has 0 bridgehead atoms. The summed E-state index contributed by atoms with van der Waals surface area (Å²) in [6.45, 7) is 24.6. The number of carbonyl (C=O) groups excluding carboxylic acids is 1. The molecule has 0 fully saturated rings. The number of methoxy groups -OCH3 is 1. The molecule has 1 radical (unpaired) electrons. The number of ether oxygens (including phenoxy) is 1. The Bertz CT molecular complexity index is 224. The van der Waals surface area contributed by atoms with Crippen molar-refractivity contribution in [1.82, 2.24) is 0 Å². The van der Waals surface area contributed by atoms with Crippen LogP contribution in [0.5, 0.6) is 0 Å². The van der Waals surface area contributed by atoms with Gasteiger partial charge in [0.25, 0.3) is 0 Å². The molecule has 0 aliphatic rings. The van der Waals surface area contributed by atoms with Crippen molar-refractivity contribution in [3.8, 4) is 0 Å². The van der Waals surface area contributed by atoms with E-state index >= 15 is 0 Å². The molecule has 0 aliphatic heterocycles. The molecule has 0 saturated heterocycles.